The van der Waals surface area contributed by atoms with E-state index in [0.29, 0.717) is 11.3 Å². The fourth-order valence-corrected chi connectivity index (χ4v) is 2.64. The van der Waals surface area contributed by atoms with Crippen molar-refractivity contribution in [2.75, 3.05) is 6.54 Å². The molecule has 7 heteroatoms. The first kappa shape index (κ1) is 17.5. The Hall–Kier alpha value is -3.37. The van der Waals surface area contributed by atoms with Gasteiger partial charge in [-0.2, -0.15) is 5.26 Å². The standard InChI is InChI=1S/C19H16FN3O3/c1-12-17(15(10-21)19(26-12)23-8-2-3-9-23)18(25)22-11-16(24)13-4-6-14(20)7-5-13/h2-9,16,24H,11H2,1H3,(H,22,25)/t16-/m1/s1. The highest BCUT2D eigenvalue weighted by Gasteiger charge is 2.24. The first-order valence-corrected chi connectivity index (χ1v) is 7.90. The molecule has 0 spiro atoms. The first-order chi connectivity index (χ1) is 12.5. The Labute approximate surface area is 149 Å². The second-order valence-electron chi connectivity index (χ2n) is 5.69. The number of aromatic nitrogens is 1. The summed E-state index contributed by atoms with van der Waals surface area (Å²) in [5.41, 5.74) is 0.721. The second kappa shape index (κ2) is 7.25. The maximum atomic E-state index is 12.9. The number of aliphatic hydroxyl groups is 1. The number of nitrogens with zero attached hydrogens (tertiary/aromatic N) is 2. The molecule has 0 fully saturated rings. The van der Waals surface area contributed by atoms with Crippen LogP contribution in [0, 0.1) is 24.1 Å². The second-order valence-corrected chi connectivity index (χ2v) is 5.69. The molecule has 0 unspecified atom stereocenters. The Balaban J connectivity index is 1.78. The number of aryl methyl sites for hydroxylation is 1. The topological polar surface area (TPSA) is 91.2 Å². The molecular weight excluding hydrogens is 337 g/mol. The molecule has 1 aromatic carbocycles. The number of carbonyl (C=O) groups excluding carboxylic acids is 1. The van der Waals surface area contributed by atoms with Gasteiger partial charge in [0.05, 0.1) is 6.10 Å². The quantitative estimate of drug-likeness (QED) is 0.738. The van der Waals surface area contributed by atoms with E-state index in [4.69, 9.17) is 4.42 Å². The summed E-state index contributed by atoms with van der Waals surface area (Å²) in [5, 5.41) is 22.2. The van der Waals surface area contributed by atoms with Crippen LogP contribution < -0.4 is 5.32 Å². The normalized spacial score (nSPS) is 11.8. The van der Waals surface area contributed by atoms with Crippen LogP contribution in [-0.4, -0.2) is 22.1 Å². The number of amides is 1. The van der Waals surface area contributed by atoms with Crippen LogP contribution >= 0.6 is 0 Å². The number of benzene rings is 1. The van der Waals surface area contributed by atoms with E-state index in [1.54, 1.807) is 36.0 Å². The smallest absolute Gasteiger partial charge is 0.256 e. The lowest BCUT2D eigenvalue weighted by atomic mass is 10.1. The summed E-state index contributed by atoms with van der Waals surface area (Å²) in [6.45, 7) is 1.51. The van der Waals surface area contributed by atoms with Crippen LogP contribution in [-0.2, 0) is 0 Å². The van der Waals surface area contributed by atoms with Crippen LogP contribution in [0.15, 0.2) is 53.2 Å². The first-order valence-electron chi connectivity index (χ1n) is 7.90. The number of nitrogens with one attached hydrogen (secondary N) is 1. The van der Waals surface area contributed by atoms with Crippen LogP contribution in [0.25, 0.3) is 5.88 Å². The molecule has 0 aliphatic heterocycles. The van der Waals surface area contributed by atoms with Gasteiger partial charge in [-0.15, -0.1) is 0 Å². The van der Waals surface area contributed by atoms with Crippen molar-refractivity contribution in [3.8, 4) is 12.0 Å². The van der Waals surface area contributed by atoms with E-state index in [9.17, 15) is 19.6 Å². The molecule has 6 nitrogen and oxygen atoms in total. The zero-order valence-corrected chi connectivity index (χ0v) is 13.9. The molecule has 2 N–H and O–H groups in total. The Morgan fingerprint density at radius 2 is 2.00 bits per heavy atom. The van der Waals surface area contributed by atoms with Crippen molar-refractivity contribution < 1.29 is 18.7 Å². The molecule has 0 bridgehead atoms. The van der Waals surface area contributed by atoms with Gasteiger partial charge in [0.2, 0.25) is 5.88 Å². The van der Waals surface area contributed by atoms with Gasteiger partial charge in [-0.05, 0) is 36.8 Å². The van der Waals surface area contributed by atoms with Crippen molar-refractivity contribution >= 4 is 5.91 Å². The van der Waals surface area contributed by atoms with Crippen LogP contribution in [0.4, 0.5) is 4.39 Å². The zero-order valence-electron chi connectivity index (χ0n) is 13.9. The Morgan fingerprint density at radius 3 is 2.62 bits per heavy atom. The Morgan fingerprint density at radius 1 is 1.35 bits per heavy atom. The van der Waals surface area contributed by atoms with Gasteiger partial charge in [-0.3, -0.25) is 9.36 Å². The molecule has 3 aromatic rings. The highest BCUT2D eigenvalue weighted by atomic mass is 19.1. The molecule has 0 radical (unpaired) electrons. The van der Waals surface area contributed by atoms with Crippen molar-refractivity contribution in [2.45, 2.75) is 13.0 Å². The number of aliphatic hydroxyl groups excluding tert-OH is 1. The van der Waals surface area contributed by atoms with Gasteiger partial charge in [-0.25, -0.2) is 4.39 Å². The SMILES string of the molecule is Cc1oc(-n2cccc2)c(C#N)c1C(=O)NC[C@@H](O)c1ccc(F)cc1. The van der Waals surface area contributed by atoms with Crippen LogP contribution in [0.2, 0.25) is 0 Å². The number of carbonyl (C=O) groups is 1. The molecule has 3 rings (SSSR count). The van der Waals surface area contributed by atoms with Gasteiger partial charge in [0.15, 0.2) is 0 Å². The molecule has 26 heavy (non-hydrogen) atoms. The fourth-order valence-electron chi connectivity index (χ4n) is 2.64. The lowest BCUT2D eigenvalue weighted by Gasteiger charge is -2.12. The monoisotopic (exact) mass is 353 g/mol. The average molecular weight is 353 g/mol. The van der Waals surface area contributed by atoms with Gasteiger partial charge >= 0.3 is 0 Å². The zero-order chi connectivity index (χ0) is 18.7. The van der Waals surface area contributed by atoms with Gasteiger partial charge < -0.3 is 14.8 Å². The summed E-state index contributed by atoms with van der Waals surface area (Å²) < 4.78 is 20.1. The average Bonchev–Trinajstić information content (AvgIpc) is 3.27. The summed E-state index contributed by atoms with van der Waals surface area (Å²) >= 11 is 0. The molecule has 0 saturated heterocycles. The predicted molar refractivity (Wildman–Crippen MR) is 91.2 cm³/mol. The third kappa shape index (κ3) is 3.36. The highest BCUT2D eigenvalue weighted by Crippen LogP contribution is 2.25. The number of halogens is 1. The molecule has 0 aliphatic carbocycles. The molecule has 2 heterocycles. The maximum Gasteiger partial charge on any atom is 0.256 e. The Kier molecular flexibility index (Phi) is 4.87. The molecule has 0 aliphatic rings. The molecule has 132 valence electrons. The minimum Gasteiger partial charge on any atom is -0.443 e. The van der Waals surface area contributed by atoms with E-state index >= 15 is 0 Å². The van der Waals surface area contributed by atoms with Gasteiger partial charge in [-0.1, -0.05) is 12.1 Å². The molecule has 2 aromatic heterocycles. The van der Waals surface area contributed by atoms with Gasteiger partial charge in [0.1, 0.15) is 28.8 Å². The van der Waals surface area contributed by atoms with E-state index < -0.39 is 17.8 Å². The number of furan rings is 1. The number of nitriles is 1. The lowest BCUT2D eigenvalue weighted by molar-refractivity contribution is 0.0914. The van der Waals surface area contributed by atoms with Crippen molar-refractivity contribution in [1.82, 2.24) is 9.88 Å². The minimum atomic E-state index is -0.999. The largest absolute Gasteiger partial charge is 0.443 e. The highest BCUT2D eigenvalue weighted by molar-refractivity contribution is 5.98. The van der Waals surface area contributed by atoms with Crippen LogP contribution in [0.5, 0.6) is 0 Å². The number of hydrogen-bond acceptors (Lipinski definition) is 4. The summed E-state index contributed by atoms with van der Waals surface area (Å²) in [7, 11) is 0. The van der Waals surface area contributed by atoms with E-state index in [0.717, 1.165) is 0 Å². The summed E-state index contributed by atoms with van der Waals surface area (Å²) in [6.07, 6.45) is 2.42. The van der Waals surface area contributed by atoms with Crippen molar-refractivity contribution in [3.05, 3.63) is 77.1 Å². The van der Waals surface area contributed by atoms with Gasteiger partial charge in [0, 0.05) is 18.9 Å². The lowest BCUT2D eigenvalue weighted by Crippen LogP contribution is -2.29. The third-order valence-electron chi connectivity index (χ3n) is 3.95. The van der Waals surface area contributed by atoms with Crippen molar-refractivity contribution in [2.24, 2.45) is 0 Å². The summed E-state index contributed by atoms with van der Waals surface area (Å²) in [6, 6.07) is 10.9. The van der Waals surface area contributed by atoms with Crippen molar-refractivity contribution in [1.29, 1.82) is 5.26 Å². The third-order valence-corrected chi connectivity index (χ3v) is 3.95. The molecule has 1 atom stereocenters. The van der Waals surface area contributed by atoms with E-state index in [2.05, 4.69) is 5.32 Å². The van der Waals surface area contributed by atoms with Gasteiger partial charge in [0.25, 0.3) is 5.91 Å². The Bertz CT molecular complexity index is 953. The minimum absolute atomic E-state index is 0.0845. The van der Waals surface area contributed by atoms with Crippen molar-refractivity contribution in [3.63, 3.8) is 0 Å². The van der Waals surface area contributed by atoms with E-state index in [-0.39, 0.29) is 23.6 Å². The summed E-state index contributed by atoms with van der Waals surface area (Å²) in [5.74, 6) is -0.365. The van der Waals surface area contributed by atoms with E-state index in [1.807, 2.05) is 6.07 Å². The van der Waals surface area contributed by atoms with Crippen LogP contribution in [0.1, 0.15) is 33.3 Å². The number of rotatable bonds is 5. The van der Waals surface area contributed by atoms with E-state index in [1.165, 1.54) is 24.3 Å². The fraction of sp³-hybridized carbons (Fsp3) is 0.158. The number of hydrogen-bond donors (Lipinski definition) is 2. The molecule has 1 amide bonds. The predicted octanol–water partition coefficient (Wildman–Crippen LogP) is 2.85. The summed E-state index contributed by atoms with van der Waals surface area (Å²) in [4.78, 5) is 12.5. The molecule has 0 saturated carbocycles. The molecular formula is C19H16FN3O3. The van der Waals surface area contributed by atoms with Crippen LogP contribution in [0.3, 0.4) is 0 Å². The maximum absolute atomic E-state index is 12.9.